The van der Waals surface area contributed by atoms with Crippen LogP contribution in [0.15, 0.2) is 30.3 Å². The van der Waals surface area contributed by atoms with E-state index in [2.05, 4.69) is 52.5 Å². The van der Waals surface area contributed by atoms with E-state index < -0.39 is 0 Å². The zero-order valence-corrected chi connectivity index (χ0v) is 13.5. The Kier molecular flexibility index (Phi) is 6.83. The summed E-state index contributed by atoms with van der Waals surface area (Å²) >= 11 is 0. The third-order valence-electron chi connectivity index (χ3n) is 4.19. The standard InChI is InChI=1S/C17H28N4O/c1-20-12-13-21(11-5-10-19-17(22)8-9-18)16(14-20)15-6-3-2-4-7-15/h2-4,6-7,16H,5,8-14,18H2,1H3,(H,19,22). The predicted molar refractivity (Wildman–Crippen MR) is 89.6 cm³/mol. The molecule has 1 atom stereocenters. The molecule has 1 saturated heterocycles. The minimum atomic E-state index is 0.0560. The number of likely N-dealkylation sites (N-methyl/N-ethyl adjacent to an activating group) is 1. The largest absolute Gasteiger partial charge is 0.356 e. The van der Waals surface area contributed by atoms with Crippen molar-refractivity contribution in [3.05, 3.63) is 35.9 Å². The van der Waals surface area contributed by atoms with E-state index in [-0.39, 0.29) is 5.91 Å². The summed E-state index contributed by atoms with van der Waals surface area (Å²) in [4.78, 5) is 16.3. The summed E-state index contributed by atoms with van der Waals surface area (Å²) in [5.74, 6) is 0.0560. The Balaban J connectivity index is 1.84. The van der Waals surface area contributed by atoms with Gasteiger partial charge in [-0.25, -0.2) is 0 Å². The number of hydrogen-bond donors (Lipinski definition) is 2. The highest BCUT2D eigenvalue weighted by molar-refractivity contribution is 5.75. The number of nitrogens with one attached hydrogen (secondary N) is 1. The molecule has 0 aliphatic carbocycles. The lowest BCUT2D eigenvalue weighted by Gasteiger charge is -2.40. The predicted octanol–water partition coefficient (Wildman–Crippen LogP) is 0.830. The van der Waals surface area contributed by atoms with Crippen molar-refractivity contribution in [2.45, 2.75) is 18.9 Å². The average molecular weight is 304 g/mol. The minimum absolute atomic E-state index is 0.0560. The number of benzene rings is 1. The fraction of sp³-hybridized carbons (Fsp3) is 0.588. The van der Waals surface area contributed by atoms with E-state index >= 15 is 0 Å². The molecule has 1 unspecified atom stereocenters. The first kappa shape index (κ1) is 16.9. The molecule has 0 bridgehead atoms. The van der Waals surface area contributed by atoms with Crippen LogP contribution in [0.4, 0.5) is 0 Å². The molecule has 1 fully saturated rings. The third kappa shape index (κ3) is 5.09. The summed E-state index contributed by atoms with van der Waals surface area (Å²) in [6.45, 7) is 5.39. The van der Waals surface area contributed by atoms with Gasteiger partial charge in [0.2, 0.25) is 5.91 Å². The maximum Gasteiger partial charge on any atom is 0.221 e. The van der Waals surface area contributed by atoms with E-state index in [1.807, 2.05) is 0 Å². The zero-order chi connectivity index (χ0) is 15.8. The Morgan fingerprint density at radius 3 is 2.82 bits per heavy atom. The molecule has 122 valence electrons. The Labute approximate surface area is 133 Å². The van der Waals surface area contributed by atoms with Crippen molar-refractivity contribution in [2.75, 3.05) is 46.3 Å². The molecule has 1 aromatic rings. The first-order chi connectivity index (χ1) is 10.7. The van der Waals surface area contributed by atoms with E-state index in [1.54, 1.807) is 0 Å². The first-order valence-electron chi connectivity index (χ1n) is 8.15. The molecule has 0 saturated carbocycles. The summed E-state index contributed by atoms with van der Waals surface area (Å²) in [5, 5.41) is 2.93. The quantitative estimate of drug-likeness (QED) is 0.733. The number of piperazine rings is 1. The number of nitrogens with two attached hydrogens (primary N) is 1. The molecular weight excluding hydrogens is 276 g/mol. The van der Waals surface area contributed by atoms with Gasteiger partial charge in [-0.3, -0.25) is 9.69 Å². The topological polar surface area (TPSA) is 61.6 Å². The first-order valence-corrected chi connectivity index (χ1v) is 8.15. The Bertz CT molecular complexity index is 451. The van der Waals surface area contributed by atoms with Crippen LogP contribution in [-0.2, 0) is 4.79 Å². The Morgan fingerprint density at radius 1 is 1.32 bits per heavy atom. The van der Waals surface area contributed by atoms with Gasteiger partial charge in [0, 0.05) is 51.7 Å². The van der Waals surface area contributed by atoms with E-state index in [4.69, 9.17) is 5.73 Å². The Morgan fingerprint density at radius 2 is 2.09 bits per heavy atom. The van der Waals surface area contributed by atoms with Crippen LogP contribution in [0.5, 0.6) is 0 Å². The van der Waals surface area contributed by atoms with Crippen LogP contribution in [-0.4, -0.2) is 62.0 Å². The second kappa shape index (κ2) is 8.88. The highest BCUT2D eigenvalue weighted by Crippen LogP contribution is 2.24. The summed E-state index contributed by atoms with van der Waals surface area (Å²) < 4.78 is 0. The molecule has 3 N–H and O–H groups in total. The highest BCUT2D eigenvalue weighted by Gasteiger charge is 2.25. The summed E-state index contributed by atoms with van der Waals surface area (Å²) in [6, 6.07) is 11.1. The summed E-state index contributed by atoms with van der Waals surface area (Å²) in [7, 11) is 2.18. The second-order valence-electron chi connectivity index (χ2n) is 5.97. The van der Waals surface area contributed by atoms with Gasteiger partial charge in [0.25, 0.3) is 0 Å². The van der Waals surface area contributed by atoms with Crippen LogP contribution in [0.2, 0.25) is 0 Å². The molecule has 5 nitrogen and oxygen atoms in total. The van der Waals surface area contributed by atoms with Crippen molar-refractivity contribution < 1.29 is 4.79 Å². The van der Waals surface area contributed by atoms with Crippen LogP contribution < -0.4 is 11.1 Å². The van der Waals surface area contributed by atoms with Crippen LogP contribution in [0.25, 0.3) is 0 Å². The van der Waals surface area contributed by atoms with Gasteiger partial charge in [0.05, 0.1) is 0 Å². The van der Waals surface area contributed by atoms with Gasteiger partial charge in [-0.2, -0.15) is 0 Å². The van der Waals surface area contributed by atoms with Crippen molar-refractivity contribution in [2.24, 2.45) is 5.73 Å². The molecule has 1 aliphatic heterocycles. The van der Waals surface area contributed by atoms with Crippen molar-refractivity contribution >= 4 is 5.91 Å². The van der Waals surface area contributed by atoms with Gasteiger partial charge in [0.1, 0.15) is 0 Å². The maximum absolute atomic E-state index is 11.4. The number of carbonyl (C=O) groups is 1. The smallest absolute Gasteiger partial charge is 0.221 e. The molecule has 1 heterocycles. The van der Waals surface area contributed by atoms with Gasteiger partial charge in [-0.1, -0.05) is 30.3 Å². The van der Waals surface area contributed by atoms with Gasteiger partial charge in [0.15, 0.2) is 0 Å². The maximum atomic E-state index is 11.4. The monoisotopic (exact) mass is 304 g/mol. The molecule has 22 heavy (non-hydrogen) atoms. The van der Waals surface area contributed by atoms with E-state index in [0.29, 0.717) is 19.0 Å². The van der Waals surface area contributed by atoms with E-state index in [1.165, 1.54) is 5.56 Å². The number of carbonyl (C=O) groups excluding carboxylic acids is 1. The van der Waals surface area contributed by atoms with Crippen molar-refractivity contribution in [3.63, 3.8) is 0 Å². The van der Waals surface area contributed by atoms with Crippen LogP contribution >= 0.6 is 0 Å². The fourth-order valence-electron chi connectivity index (χ4n) is 2.95. The zero-order valence-electron chi connectivity index (χ0n) is 13.5. The Hall–Kier alpha value is -1.43. The lowest BCUT2D eigenvalue weighted by atomic mass is 10.0. The van der Waals surface area contributed by atoms with Crippen molar-refractivity contribution in [3.8, 4) is 0 Å². The van der Waals surface area contributed by atoms with Crippen molar-refractivity contribution in [1.29, 1.82) is 0 Å². The lowest BCUT2D eigenvalue weighted by Crippen LogP contribution is -2.47. The van der Waals surface area contributed by atoms with Gasteiger partial charge >= 0.3 is 0 Å². The number of rotatable bonds is 7. The fourth-order valence-corrected chi connectivity index (χ4v) is 2.95. The number of hydrogen-bond acceptors (Lipinski definition) is 4. The highest BCUT2D eigenvalue weighted by atomic mass is 16.1. The van der Waals surface area contributed by atoms with Gasteiger partial charge in [-0.05, 0) is 19.0 Å². The molecule has 0 spiro atoms. The summed E-state index contributed by atoms with van der Waals surface area (Å²) in [6.07, 6.45) is 1.39. The van der Waals surface area contributed by atoms with E-state index in [0.717, 1.165) is 39.1 Å². The lowest BCUT2D eigenvalue weighted by molar-refractivity contribution is -0.120. The molecule has 0 radical (unpaired) electrons. The number of nitrogens with zero attached hydrogens (tertiary/aromatic N) is 2. The normalized spacial score (nSPS) is 20.0. The molecule has 1 aliphatic rings. The molecule has 5 heteroatoms. The van der Waals surface area contributed by atoms with Crippen LogP contribution in [0.3, 0.4) is 0 Å². The number of amides is 1. The minimum Gasteiger partial charge on any atom is -0.356 e. The summed E-state index contributed by atoms with van der Waals surface area (Å²) in [5.41, 5.74) is 6.75. The molecule has 0 aromatic heterocycles. The van der Waals surface area contributed by atoms with Gasteiger partial charge < -0.3 is 16.0 Å². The second-order valence-corrected chi connectivity index (χ2v) is 5.97. The SMILES string of the molecule is CN1CCN(CCCNC(=O)CCN)C(c2ccccc2)C1. The van der Waals surface area contributed by atoms with Gasteiger partial charge in [-0.15, -0.1) is 0 Å². The molecular formula is C17H28N4O. The third-order valence-corrected chi connectivity index (χ3v) is 4.19. The average Bonchev–Trinajstić information content (AvgIpc) is 2.54. The molecule has 2 rings (SSSR count). The van der Waals surface area contributed by atoms with E-state index in [9.17, 15) is 4.79 Å². The van der Waals surface area contributed by atoms with Crippen LogP contribution in [0, 0.1) is 0 Å². The molecule has 1 aromatic carbocycles. The van der Waals surface area contributed by atoms with Crippen molar-refractivity contribution in [1.82, 2.24) is 15.1 Å². The molecule has 1 amide bonds. The van der Waals surface area contributed by atoms with Crippen LogP contribution in [0.1, 0.15) is 24.4 Å².